The number of aryl methyl sites for hydroxylation is 3. The van der Waals surface area contributed by atoms with Crippen molar-refractivity contribution in [3.63, 3.8) is 0 Å². The lowest BCUT2D eigenvalue weighted by Crippen LogP contribution is -2.28. The van der Waals surface area contributed by atoms with Crippen molar-refractivity contribution in [1.29, 1.82) is 0 Å². The molecule has 0 bridgehead atoms. The van der Waals surface area contributed by atoms with Crippen molar-refractivity contribution in [1.82, 2.24) is 25.1 Å². The molecular formula is C16H18N6O. The molecule has 3 aromatic heterocycles. The molecule has 23 heavy (non-hydrogen) atoms. The van der Waals surface area contributed by atoms with Crippen LogP contribution >= 0.6 is 0 Å². The van der Waals surface area contributed by atoms with Gasteiger partial charge in [0.25, 0.3) is 0 Å². The van der Waals surface area contributed by atoms with Gasteiger partial charge in [-0.15, -0.1) is 0 Å². The van der Waals surface area contributed by atoms with Gasteiger partial charge in [0.05, 0.1) is 29.8 Å². The van der Waals surface area contributed by atoms with Gasteiger partial charge in [-0.1, -0.05) is 6.07 Å². The van der Waals surface area contributed by atoms with Gasteiger partial charge in [0.2, 0.25) is 0 Å². The fourth-order valence-corrected chi connectivity index (χ4v) is 2.42. The number of aromatic nitrogens is 4. The minimum atomic E-state index is -0.294. The van der Waals surface area contributed by atoms with E-state index in [0.717, 1.165) is 28.0 Å². The van der Waals surface area contributed by atoms with Crippen molar-refractivity contribution in [2.75, 3.05) is 5.32 Å². The van der Waals surface area contributed by atoms with E-state index in [9.17, 15) is 4.79 Å². The van der Waals surface area contributed by atoms with E-state index >= 15 is 0 Å². The Morgan fingerprint density at radius 3 is 2.91 bits per heavy atom. The van der Waals surface area contributed by atoms with Crippen LogP contribution in [0.15, 0.2) is 30.6 Å². The lowest BCUT2D eigenvalue weighted by Gasteiger charge is -2.08. The molecule has 118 valence electrons. The number of carbonyl (C=O) groups is 1. The Labute approximate surface area is 133 Å². The van der Waals surface area contributed by atoms with Crippen LogP contribution in [0.25, 0.3) is 11.0 Å². The molecule has 3 rings (SSSR count). The third-order valence-electron chi connectivity index (χ3n) is 3.66. The number of carbonyl (C=O) groups excluding carboxylic acids is 1. The van der Waals surface area contributed by atoms with Crippen LogP contribution < -0.4 is 10.6 Å². The Morgan fingerprint density at radius 1 is 1.30 bits per heavy atom. The average Bonchev–Trinajstić information content (AvgIpc) is 2.81. The summed E-state index contributed by atoms with van der Waals surface area (Å²) >= 11 is 0. The maximum atomic E-state index is 12.0. The number of fused-ring (bicyclic) bond motifs is 1. The van der Waals surface area contributed by atoms with Crippen molar-refractivity contribution < 1.29 is 4.79 Å². The predicted molar refractivity (Wildman–Crippen MR) is 88.1 cm³/mol. The normalized spacial score (nSPS) is 10.7. The Kier molecular flexibility index (Phi) is 3.92. The van der Waals surface area contributed by atoms with Gasteiger partial charge < -0.3 is 10.6 Å². The lowest BCUT2D eigenvalue weighted by atomic mass is 10.2. The smallest absolute Gasteiger partial charge is 0.319 e. The third-order valence-corrected chi connectivity index (χ3v) is 3.66. The summed E-state index contributed by atoms with van der Waals surface area (Å²) in [5.41, 5.74) is 4.19. The number of hydrogen-bond donors (Lipinski definition) is 2. The number of nitrogens with zero attached hydrogens (tertiary/aromatic N) is 4. The van der Waals surface area contributed by atoms with Gasteiger partial charge in [0.15, 0.2) is 5.65 Å². The molecule has 0 spiro atoms. The molecule has 0 atom stereocenters. The predicted octanol–water partition coefficient (Wildman–Crippen LogP) is 2.30. The van der Waals surface area contributed by atoms with Crippen LogP contribution in [0, 0.1) is 13.8 Å². The molecule has 2 amide bonds. The first-order valence-corrected chi connectivity index (χ1v) is 7.29. The number of anilines is 1. The summed E-state index contributed by atoms with van der Waals surface area (Å²) in [6, 6.07) is 5.41. The van der Waals surface area contributed by atoms with Gasteiger partial charge in [0, 0.05) is 18.6 Å². The molecule has 2 N–H and O–H groups in total. The molecular weight excluding hydrogens is 292 g/mol. The van der Waals surface area contributed by atoms with Crippen LogP contribution in [0.2, 0.25) is 0 Å². The molecule has 0 saturated carbocycles. The summed E-state index contributed by atoms with van der Waals surface area (Å²) in [6.07, 6.45) is 3.33. The number of urea groups is 1. The summed E-state index contributed by atoms with van der Waals surface area (Å²) in [7, 11) is 1.84. The standard InChI is InChI=1S/C16H18N6O/c1-10-5-4-6-17-14(10)9-19-16(23)20-12-7-13-11(2)21-22(3)15(13)18-8-12/h4-8H,9H2,1-3H3,(H2,19,20,23). The van der Waals surface area contributed by atoms with Crippen molar-refractivity contribution in [3.05, 3.63) is 47.5 Å². The van der Waals surface area contributed by atoms with Crippen molar-refractivity contribution in [3.8, 4) is 0 Å². The highest BCUT2D eigenvalue weighted by atomic mass is 16.2. The molecule has 0 aromatic carbocycles. The van der Waals surface area contributed by atoms with Crippen molar-refractivity contribution >= 4 is 22.8 Å². The molecule has 7 heteroatoms. The Morgan fingerprint density at radius 2 is 2.13 bits per heavy atom. The quantitative estimate of drug-likeness (QED) is 0.777. The highest BCUT2D eigenvalue weighted by Crippen LogP contribution is 2.19. The zero-order chi connectivity index (χ0) is 16.4. The zero-order valence-corrected chi connectivity index (χ0v) is 13.3. The maximum absolute atomic E-state index is 12.0. The van der Waals surface area contributed by atoms with E-state index in [1.165, 1.54) is 0 Å². The summed E-state index contributed by atoms with van der Waals surface area (Å²) in [4.78, 5) is 20.6. The number of pyridine rings is 2. The van der Waals surface area contributed by atoms with E-state index < -0.39 is 0 Å². The highest BCUT2D eigenvalue weighted by Gasteiger charge is 2.09. The Bertz CT molecular complexity index is 870. The van der Waals surface area contributed by atoms with Crippen LogP contribution in [-0.2, 0) is 13.6 Å². The molecule has 0 unspecified atom stereocenters. The summed E-state index contributed by atoms with van der Waals surface area (Å²) in [5, 5.41) is 10.8. The fraction of sp³-hybridized carbons (Fsp3) is 0.250. The molecule has 0 aliphatic carbocycles. The largest absolute Gasteiger partial charge is 0.332 e. The molecule has 3 heterocycles. The second kappa shape index (κ2) is 6.04. The minimum Gasteiger partial charge on any atom is -0.332 e. The van der Waals surface area contributed by atoms with Crippen molar-refractivity contribution in [2.45, 2.75) is 20.4 Å². The third kappa shape index (κ3) is 3.13. The van der Waals surface area contributed by atoms with Crippen LogP contribution in [0.4, 0.5) is 10.5 Å². The first-order chi connectivity index (χ1) is 11.0. The van der Waals surface area contributed by atoms with E-state index in [-0.39, 0.29) is 6.03 Å². The lowest BCUT2D eigenvalue weighted by molar-refractivity contribution is 0.251. The summed E-state index contributed by atoms with van der Waals surface area (Å²) in [5.74, 6) is 0. The SMILES string of the molecule is Cc1cccnc1CNC(=O)Nc1cnc2c(c1)c(C)nn2C. The topological polar surface area (TPSA) is 84.7 Å². The minimum absolute atomic E-state index is 0.294. The van der Waals surface area contributed by atoms with E-state index in [1.807, 2.05) is 39.1 Å². The second-order valence-corrected chi connectivity index (χ2v) is 5.38. The monoisotopic (exact) mass is 310 g/mol. The van der Waals surface area contributed by atoms with Gasteiger partial charge in [-0.25, -0.2) is 9.78 Å². The molecule has 7 nitrogen and oxygen atoms in total. The van der Waals surface area contributed by atoms with Crippen LogP contribution in [0.5, 0.6) is 0 Å². The summed E-state index contributed by atoms with van der Waals surface area (Å²) in [6.45, 7) is 4.25. The van der Waals surface area contributed by atoms with E-state index in [0.29, 0.717) is 12.2 Å². The van der Waals surface area contributed by atoms with Crippen LogP contribution in [0.3, 0.4) is 0 Å². The first kappa shape index (κ1) is 15.0. The van der Waals surface area contributed by atoms with Gasteiger partial charge in [-0.3, -0.25) is 9.67 Å². The fourth-order valence-electron chi connectivity index (χ4n) is 2.42. The van der Waals surface area contributed by atoms with Gasteiger partial charge in [0.1, 0.15) is 0 Å². The molecule has 0 fully saturated rings. The molecule has 0 saturated heterocycles. The number of nitrogens with one attached hydrogen (secondary N) is 2. The number of amides is 2. The number of hydrogen-bond acceptors (Lipinski definition) is 4. The van der Waals surface area contributed by atoms with Gasteiger partial charge in [-0.05, 0) is 31.5 Å². The molecule has 0 aliphatic rings. The van der Waals surface area contributed by atoms with E-state index in [1.54, 1.807) is 17.1 Å². The second-order valence-electron chi connectivity index (χ2n) is 5.38. The van der Waals surface area contributed by atoms with Crippen LogP contribution in [-0.4, -0.2) is 25.8 Å². The Balaban J connectivity index is 1.68. The molecule has 3 aromatic rings. The van der Waals surface area contributed by atoms with Crippen LogP contribution in [0.1, 0.15) is 17.0 Å². The summed E-state index contributed by atoms with van der Waals surface area (Å²) < 4.78 is 1.72. The Hall–Kier alpha value is -2.96. The van der Waals surface area contributed by atoms with Gasteiger partial charge in [-0.2, -0.15) is 5.10 Å². The zero-order valence-electron chi connectivity index (χ0n) is 13.3. The maximum Gasteiger partial charge on any atom is 0.319 e. The van der Waals surface area contributed by atoms with Crippen molar-refractivity contribution in [2.24, 2.45) is 7.05 Å². The number of rotatable bonds is 3. The molecule has 0 radical (unpaired) electrons. The first-order valence-electron chi connectivity index (χ1n) is 7.29. The molecule has 0 aliphatic heterocycles. The van der Waals surface area contributed by atoms with E-state index in [4.69, 9.17) is 0 Å². The highest BCUT2D eigenvalue weighted by molar-refractivity contribution is 5.91. The van der Waals surface area contributed by atoms with E-state index in [2.05, 4.69) is 25.7 Å². The average molecular weight is 310 g/mol. The van der Waals surface area contributed by atoms with Gasteiger partial charge >= 0.3 is 6.03 Å².